The Bertz CT molecular complexity index is 931. The maximum Gasteiger partial charge on any atom is 0.205 e. The van der Waals surface area contributed by atoms with E-state index in [0.717, 1.165) is 6.07 Å². The number of fused-ring (bicyclic) bond motifs is 2. The molecule has 0 bridgehead atoms. The first-order valence-electron chi connectivity index (χ1n) is 5.36. The van der Waals surface area contributed by atoms with Crippen molar-refractivity contribution in [3.05, 3.63) is 43.5 Å². The van der Waals surface area contributed by atoms with E-state index in [1.807, 2.05) is 0 Å². The van der Waals surface area contributed by atoms with Crippen LogP contribution in [0.15, 0.2) is 27.4 Å². The summed E-state index contributed by atoms with van der Waals surface area (Å²) in [6.07, 6.45) is 0. The third-order valence-electron chi connectivity index (χ3n) is 2.86. The Morgan fingerprint density at radius 2 is 1.65 bits per heavy atom. The quantitative estimate of drug-likeness (QED) is 0.475. The maximum atomic E-state index is 12.4. The van der Waals surface area contributed by atoms with E-state index >= 15 is 0 Å². The predicted octanol–water partition coefficient (Wildman–Crippen LogP) is 4.32. The van der Waals surface area contributed by atoms with Crippen LogP contribution in [0.5, 0.6) is 11.5 Å². The fraction of sp³-hybridized carbons (Fsp3) is 0. The van der Waals surface area contributed by atoms with Gasteiger partial charge in [0.1, 0.15) is 22.5 Å². The van der Waals surface area contributed by atoms with E-state index in [-0.39, 0.29) is 42.8 Å². The van der Waals surface area contributed by atoms with Gasteiger partial charge in [-0.25, -0.2) is 0 Å². The van der Waals surface area contributed by atoms with Crippen LogP contribution in [0.25, 0.3) is 21.9 Å². The predicted molar refractivity (Wildman–Crippen MR) is 78.3 cm³/mol. The van der Waals surface area contributed by atoms with Crippen LogP contribution in [0.3, 0.4) is 0 Å². The number of phenols is 2. The van der Waals surface area contributed by atoms with E-state index in [0.29, 0.717) is 0 Å². The fourth-order valence-electron chi connectivity index (χ4n) is 2.01. The molecule has 1 heterocycles. The zero-order valence-electron chi connectivity index (χ0n) is 9.58. The fourth-order valence-corrected chi connectivity index (χ4v) is 2.74. The minimum absolute atomic E-state index is 0.000268. The standard InChI is InChI=1S/C13H5Cl3O4/c14-5-3-6(15)13-10(11(5)16)12(19)9-7(18)1-4(17)2-8(9)20-13/h1-3,17-18H. The second-order valence-corrected chi connectivity index (χ2v) is 5.32. The highest BCUT2D eigenvalue weighted by atomic mass is 35.5. The van der Waals surface area contributed by atoms with Gasteiger partial charge < -0.3 is 14.6 Å². The van der Waals surface area contributed by atoms with Crippen molar-refractivity contribution in [1.82, 2.24) is 0 Å². The van der Waals surface area contributed by atoms with Crippen LogP contribution in [0, 0.1) is 0 Å². The number of rotatable bonds is 0. The Hall–Kier alpha value is -1.62. The summed E-state index contributed by atoms with van der Waals surface area (Å²) in [5.74, 6) is -0.656. The van der Waals surface area contributed by atoms with Crippen LogP contribution >= 0.6 is 34.8 Å². The molecular weight excluding hydrogens is 326 g/mol. The van der Waals surface area contributed by atoms with Crippen molar-refractivity contribution >= 4 is 56.7 Å². The summed E-state index contributed by atoms with van der Waals surface area (Å²) >= 11 is 17.9. The molecule has 0 fully saturated rings. The van der Waals surface area contributed by atoms with Crippen molar-refractivity contribution < 1.29 is 14.6 Å². The molecule has 0 aliphatic heterocycles. The Morgan fingerprint density at radius 3 is 2.35 bits per heavy atom. The third-order valence-corrected chi connectivity index (χ3v) is 3.93. The average molecular weight is 332 g/mol. The lowest BCUT2D eigenvalue weighted by Gasteiger charge is -2.07. The van der Waals surface area contributed by atoms with Crippen LogP contribution < -0.4 is 5.43 Å². The van der Waals surface area contributed by atoms with Crippen LogP contribution in [-0.2, 0) is 0 Å². The van der Waals surface area contributed by atoms with Gasteiger partial charge in [0, 0.05) is 12.1 Å². The van der Waals surface area contributed by atoms with E-state index < -0.39 is 11.2 Å². The molecule has 2 aromatic carbocycles. The average Bonchev–Trinajstić information content (AvgIpc) is 2.34. The molecule has 0 unspecified atom stereocenters. The molecule has 7 heteroatoms. The van der Waals surface area contributed by atoms with Gasteiger partial charge >= 0.3 is 0 Å². The first kappa shape index (κ1) is 13.4. The number of aromatic hydroxyl groups is 2. The van der Waals surface area contributed by atoms with Gasteiger partial charge in [-0.15, -0.1) is 0 Å². The van der Waals surface area contributed by atoms with Crippen molar-refractivity contribution in [1.29, 1.82) is 0 Å². The highest BCUT2D eigenvalue weighted by Gasteiger charge is 2.19. The number of hydrogen-bond donors (Lipinski definition) is 2. The summed E-state index contributed by atoms with van der Waals surface area (Å²) < 4.78 is 5.46. The molecule has 0 aliphatic rings. The molecule has 0 atom stereocenters. The smallest absolute Gasteiger partial charge is 0.205 e. The monoisotopic (exact) mass is 330 g/mol. The first-order valence-corrected chi connectivity index (χ1v) is 6.49. The SMILES string of the molecule is O=c1c2c(O)cc(O)cc2oc2c(Cl)cc(Cl)c(Cl)c12. The van der Waals surface area contributed by atoms with E-state index in [1.54, 1.807) is 0 Å². The Kier molecular flexibility index (Phi) is 2.97. The Balaban J connectivity index is 2.69. The highest BCUT2D eigenvalue weighted by molar-refractivity contribution is 6.47. The van der Waals surface area contributed by atoms with Crippen molar-refractivity contribution in [3.63, 3.8) is 0 Å². The molecule has 20 heavy (non-hydrogen) atoms. The van der Waals surface area contributed by atoms with Crippen LogP contribution in [0.4, 0.5) is 0 Å². The van der Waals surface area contributed by atoms with Crippen LogP contribution in [0.1, 0.15) is 0 Å². The summed E-state index contributed by atoms with van der Waals surface area (Å²) in [6.45, 7) is 0. The molecule has 4 nitrogen and oxygen atoms in total. The van der Waals surface area contributed by atoms with Crippen molar-refractivity contribution in [2.45, 2.75) is 0 Å². The lowest BCUT2D eigenvalue weighted by atomic mass is 10.1. The largest absolute Gasteiger partial charge is 0.508 e. The number of phenolic OH excluding ortho intramolecular Hbond substituents is 2. The molecule has 102 valence electrons. The maximum absolute atomic E-state index is 12.4. The number of halogens is 3. The van der Waals surface area contributed by atoms with Gasteiger partial charge in [-0.05, 0) is 6.07 Å². The van der Waals surface area contributed by atoms with E-state index in [1.165, 1.54) is 12.1 Å². The number of hydrogen-bond acceptors (Lipinski definition) is 4. The molecule has 0 amide bonds. The molecule has 3 aromatic rings. The van der Waals surface area contributed by atoms with Gasteiger partial charge in [-0.3, -0.25) is 4.79 Å². The van der Waals surface area contributed by atoms with Crippen molar-refractivity contribution in [2.24, 2.45) is 0 Å². The molecule has 0 saturated heterocycles. The van der Waals surface area contributed by atoms with Gasteiger partial charge in [0.25, 0.3) is 0 Å². The molecule has 0 radical (unpaired) electrons. The second-order valence-electron chi connectivity index (χ2n) is 4.13. The molecule has 3 rings (SSSR count). The molecule has 0 saturated carbocycles. The minimum atomic E-state index is -0.576. The topological polar surface area (TPSA) is 70.7 Å². The zero-order chi connectivity index (χ0) is 14.6. The lowest BCUT2D eigenvalue weighted by Crippen LogP contribution is -2.03. The van der Waals surface area contributed by atoms with Gasteiger partial charge in [0.2, 0.25) is 5.43 Å². The first-order chi connectivity index (χ1) is 9.40. The summed E-state index contributed by atoms with van der Waals surface area (Å²) in [7, 11) is 0. The summed E-state index contributed by atoms with van der Waals surface area (Å²) in [6, 6.07) is 3.59. The normalized spacial score (nSPS) is 11.3. The van der Waals surface area contributed by atoms with Gasteiger partial charge in [-0.1, -0.05) is 34.8 Å². The summed E-state index contributed by atoms with van der Waals surface area (Å²) in [5.41, 5.74) is -0.531. The summed E-state index contributed by atoms with van der Waals surface area (Å²) in [4.78, 5) is 12.4. The van der Waals surface area contributed by atoms with Gasteiger partial charge in [0.15, 0.2) is 5.58 Å². The third kappa shape index (κ3) is 1.80. The highest BCUT2D eigenvalue weighted by Crippen LogP contribution is 2.37. The molecule has 0 spiro atoms. The minimum Gasteiger partial charge on any atom is -0.508 e. The van der Waals surface area contributed by atoms with Gasteiger partial charge in [-0.2, -0.15) is 0 Å². The van der Waals surface area contributed by atoms with Crippen molar-refractivity contribution in [3.8, 4) is 11.5 Å². The van der Waals surface area contributed by atoms with E-state index in [9.17, 15) is 15.0 Å². The second kappa shape index (κ2) is 4.45. The van der Waals surface area contributed by atoms with E-state index in [2.05, 4.69) is 0 Å². The van der Waals surface area contributed by atoms with E-state index in [4.69, 9.17) is 39.2 Å². The lowest BCUT2D eigenvalue weighted by molar-refractivity contribution is 0.453. The molecule has 1 aromatic heterocycles. The Labute approximate surface area is 126 Å². The van der Waals surface area contributed by atoms with Crippen LogP contribution in [0.2, 0.25) is 15.1 Å². The molecule has 2 N–H and O–H groups in total. The van der Waals surface area contributed by atoms with Gasteiger partial charge in [0.05, 0.1) is 20.5 Å². The van der Waals surface area contributed by atoms with Crippen LogP contribution in [-0.4, -0.2) is 10.2 Å². The summed E-state index contributed by atoms with van der Waals surface area (Å²) in [5, 5.41) is 19.3. The number of benzene rings is 2. The van der Waals surface area contributed by atoms with Crippen molar-refractivity contribution in [2.75, 3.05) is 0 Å². The molecule has 0 aliphatic carbocycles. The Morgan fingerprint density at radius 1 is 0.950 bits per heavy atom. The molecular formula is C13H5Cl3O4. The zero-order valence-corrected chi connectivity index (χ0v) is 11.8.